The number of alkyl halides is 2. The highest BCUT2D eigenvalue weighted by atomic mass is 19.3. The maximum atomic E-state index is 12.6. The number of nitrogens with zero attached hydrogens (tertiary/aromatic N) is 1. The normalized spacial score (nSPS) is 17.4. The molecule has 2 aromatic rings. The SMILES string of the molecule is O=C(/C=C/c1ccccc1OC(F)F)N1CCCC1c1ccccc1. The molecule has 5 heteroatoms. The number of benzene rings is 2. The van der Waals surface area contributed by atoms with Crippen LogP contribution in [0.15, 0.2) is 60.7 Å². The van der Waals surface area contributed by atoms with Crippen LogP contribution in [0.2, 0.25) is 0 Å². The van der Waals surface area contributed by atoms with E-state index in [4.69, 9.17) is 0 Å². The van der Waals surface area contributed by atoms with Gasteiger partial charge in [0.2, 0.25) is 5.91 Å². The lowest BCUT2D eigenvalue weighted by atomic mass is 10.0. The van der Waals surface area contributed by atoms with Crippen LogP contribution in [0.4, 0.5) is 8.78 Å². The van der Waals surface area contributed by atoms with E-state index in [9.17, 15) is 13.6 Å². The summed E-state index contributed by atoms with van der Waals surface area (Å²) in [4.78, 5) is 14.4. The summed E-state index contributed by atoms with van der Waals surface area (Å²) in [6.45, 7) is -2.20. The van der Waals surface area contributed by atoms with Gasteiger partial charge in [-0.15, -0.1) is 0 Å². The molecule has 0 spiro atoms. The van der Waals surface area contributed by atoms with Crippen LogP contribution in [0.25, 0.3) is 6.08 Å². The highest BCUT2D eigenvalue weighted by Crippen LogP contribution is 2.32. The van der Waals surface area contributed by atoms with E-state index in [0.29, 0.717) is 12.1 Å². The second-order valence-corrected chi connectivity index (χ2v) is 5.85. The van der Waals surface area contributed by atoms with Crippen LogP contribution < -0.4 is 4.74 Å². The van der Waals surface area contributed by atoms with Crippen molar-refractivity contribution in [2.45, 2.75) is 25.5 Å². The minimum atomic E-state index is -2.90. The summed E-state index contributed by atoms with van der Waals surface area (Å²) in [5.74, 6) is -0.0687. The van der Waals surface area contributed by atoms with Crippen LogP contribution in [-0.2, 0) is 4.79 Å². The topological polar surface area (TPSA) is 29.5 Å². The molecule has 0 aromatic heterocycles. The van der Waals surface area contributed by atoms with Crippen LogP contribution in [0.5, 0.6) is 5.75 Å². The fraction of sp³-hybridized carbons (Fsp3) is 0.250. The van der Waals surface area contributed by atoms with E-state index in [-0.39, 0.29) is 17.7 Å². The van der Waals surface area contributed by atoms with Gasteiger partial charge in [-0.05, 0) is 30.5 Å². The molecule has 1 heterocycles. The number of carbonyl (C=O) groups is 1. The first-order valence-corrected chi connectivity index (χ1v) is 8.22. The average molecular weight is 343 g/mol. The lowest BCUT2D eigenvalue weighted by molar-refractivity contribution is -0.126. The number of ether oxygens (including phenoxy) is 1. The van der Waals surface area contributed by atoms with Crippen molar-refractivity contribution in [3.8, 4) is 5.75 Å². The molecule has 130 valence electrons. The molecule has 1 aliphatic heterocycles. The van der Waals surface area contributed by atoms with E-state index < -0.39 is 6.61 Å². The fourth-order valence-corrected chi connectivity index (χ4v) is 3.13. The summed E-state index contributed by atoms with van der Waals surface area (Å²) < 4.78 is 29.4. The molecule has 2 aromatic carbocycles. The van der Waals surface area contributed by atoms with Gasteiger partial charge in [-0.3, -0.25) is 4.79 Å². The zero-order valence-corrected chi connectivity index (χ0v) is 13.6. The molecule has 1 saturated heterocycles. The summed E-state index contributed by atoms with van der Waals surface area (Å²) in [5.41, 5.74) is 1.56. The Labute approximate surface area is 145 Å². The quantitative estimate of drug-likeness (QED) is 0.739. The lowest BCUT2D eigenvalue weighted by Crippen LogP contribution is -2.28. The van der Waals surface area contributed by atoms with E-state index in [2.05, 4.69) is 4.74 Å². The first-order valence-electron chi connectivity index (χ1n) is 8.22. The third kappa shape index (κ3) is 4.24. The highest BCUT2D eigenvalue weighted by Gasteiger charge is 2.28. The van der Waals surface area contributed by atoms with Crippen molar-refractivity contribution in [3.63, 3.8) is 0 Å². The molecule has 1 unspecified atom stereocenters. The predicted octanol–water partition coefficient (Wildman–Crippen LogP) is 4.66. The van der Waals surface area contributed by atoms with Gasteiger partial charge in [0.15, 0.2) is 0 Å². The Morgan fingerprint density at radius 3 is 2.60 bits per heavy atom. The number of amides is 1. The third-order valence-corrected chi connectivity index (χ3v) is 4.26. The first kappa shape index (κ1) is 17.1. The van der Waals surface area contributed by atoms with Crippen LogP contribution in [0, 0.1) is 0 Å². The van der Waals surface area contributed by atoms with Crippen molar-refractivity contribution in [2.24, 2.45) is 0 Å². The van der Waals surface area contributed by atoms with Crippen molar-refractivity contribution in [1.29, 1.82) is 0 Å². The molecule has 0 saturated carbocycles. The molecule has 0 aliphatic carbocycles. The van der Waals surface area contributed by atoms with E-state index in [0.717, 1.165) is 18.4 Å². The van der Waals surface area contributed by atoms with E-state index >= 15 is 0 Å². The molecular formula is C20H19F2NO2. The number of hydrogen-bond acceptors (Lipinski definition) is 2. The Morgan fingerprint density at radius 1 is 1.12 bits per heavy atom. The molecule has 3 rings (SSSR count). The summed E-state index contributed by atoms with van der Waals surface area (Å²) in [7, 11) is 0. The zero-order valence-electron chi connectivity index (χ0n) is 13.6. The van der Waals surface area contributed by atoms with Crippen molar-refractivity contribution in [1.82, 2.24) is 4.90 Å². The van der Waals surface area contributed by atoms with Crippen LogP contribution in [0.3, 0.4) is 0 Å². The Kier molecular flexibility index (Phi) is 5.43. The smallest absolute Gasteiger partial charge is 0.387 e. The Balaban J connectivity index is 1.75. The van der Waals surface area contributed by atoms with Gasteiger partial charge in [0.1, 0.15) is 5.75 Å². The second-order valence-electron chi connectivity index (χ2n) is 5.85. The van der Waals surface area contributed by atoms with E-state index in [1.807, 2.05) is 35.2 Å². The maximum absolute atomic E-state index is 12.6. The van der Waals surface area contributed by atoms with E-state index in [1.165, 1.54) is 18.2 Å². The van der Waals surface area contributed by atoms with Gasteiger partial charge in [-0.25, -0.2) is 0 Å². The van der Waals surface area contributed by atoms with Crippen molar-refractivity contribution < 1.29 is 18.3 Å². The number of halogens is 2. The third-order valence-electron chi connectivity index (χ3n) is 4.26. The number of carbonyl (C=O) groups excluding carboxylic acids is 1. The molecule has 1 amide bonds. The van der Waals surface area contributed by atoms with Crippen molar-refractivity contribution in [2.75, 3.05) is 6.54 Å². The molecule has 1 fully saturated rings. The highest BCUT2D eigenvalue weighted by molar-refractivity contribution is 5.92. The molecule has 0 bridgehead atoms. The van der Waals surface area contributed by atoms with Crippen molar-refractivity contribution in [3.05, 3.63) is 71.8 Å². The Bertz CT molecular complexity index is 746. The molecular weight excluding hydrogens is 324 g/mol. The number of hydrogen-bond donors (Lipinski definition) is 0. The Hall–Kier alpha value is -2.69. The van der Waals surface area contributed by atoms with E-state index in [1.54, 1.807) is 18.2 Å². The fourth-order valence-electron chi connectivity index (χ4n) is 3.13. The second kappa shape index (κ2) is 7.92. The monoisotopic (exact) mass is 343 g/mol. The summed E-state index contributed by atoms with van der Waals surface area (Å²) >= 11 is 0. The van der Waals surface area contributed by atoms with Gasteiger partial charge in [-0.1, -0.05) is 48.5 Å². The standard InChI is InChI=1S/C20H19F2NO2/c21-20(22)25-18-11-5-4-9-16(18)12-13-19(24)23-14-6-10-17(23)15-7-2-1-3-8-15/h1-5,7-9,11-13,17,20H,6,10,14H2/b13-12+. The van der Waals surface area contributed by atoms with Gasteiger partial charge in [0, 0.05) is 18.2 Å². The maximum Gasteiger partial charge on any atom is 0.387 e. The average Bonchev–Trinajstić information content (AvgIpc) is 3.11. The number of para-hydroxylation sites is 1. The molecule has 3 nitrogen and oxygen atoms in total. The van der Waals surface area contributed by atoms with Crippen LogP contribution >= 0.6 is 0 Å². The van der Waals surface area contributed by atoms with Crippen LogP contribution in [-0.4, -0.2) is 24.0 Å². The van der Waals surface area contributed by atoms with Crippen LogP contribution in [0.1, 0.15) is 30.0 Å². The largest absolute Gasteiger partial charge is 0.434 e. The number of likely N-dealkylation sites (tertiary alicyclic amines) is 1. The first-order chi connectivity index (χ1) is 12.1. The molecule has 0 N–H and O–H groups in total. The zero-order chi connectivity index (χ0) is 17.6. The molecule has 25 heavy (non-hydrogen) atoms. The van der Waals surface area contributed by atoms with Gasteiger partial charge < -0.3 is 9.64 Å². The van der Waals surface area contributed by atoms with Gasteiger partial charge in [-0.2, -0.15) is 8.78 Å². The Morgan fingerprint density at radius 2 is 1.84 bits per heavy atom. The molecule has 1 aliphatic rings. The summed E-state index contributed by atoms with van der Waals surface area (Å²) in [6, 6.07) is 16.4. The van der Waals surface area contributed by atoms with Gasteiger partial charge in [0.25, 0.3) is 0 Å². The minimum absolute atomic E-state index is 0.0579. The lowest BCUT2D eigenvalue weighted by Gasteiger charge is -2.23. The van der Waals surface area contributed by atoms with Crippen molar-refractivity contribution >= 4 is 12.0 Å². The number of rotatable bonds is 5. The van der Waals surface area contributed by atoms with Gasteiger partial charge in [0.05, 0.1) is 6.04 Å². The molecule has 0 radical (unpaired) electrons. The molecule has 1 atom stereocenters. The van der Waals surface area contributed by atoms with Gasteiger partial charge >= 0.3 is 6.61 Å². The predicted molar refractivity (Wildman–Crippen MR) is 92.2 cm³/mol. The summed E-state index contributed by atoms with van der Waals surface area (Å²) in [6.07, 6.45) is 4.83. The minimum Gasteiger partial charge on any atom is -0.434 e. The summed E-state index contributed by atoms with van der Waals surface area (Å²) in [5, 5.41) is 0.